The van der Waals surface area contributed by atoms with E-state index in [0.717, 1.165) is 206 Å². The molecular formula is C99H88Br5Cl15N8O13PRhS6. The molecule has 7 atom stereocenters. The number of amides is 4. The number of fused-ring (bicyclic) bond motifs is 6. The summed E-state index contributed by atoms with van der Waals surface area (Å²) in [7, 11) is 11.8. The van der Waals surface area contributed by atoms with Crippen LogP contribution in [0.2, 0.25) is 60.3 Å². The predicted octanol–water partition coefficient (Wildman–Crippen LogP) is 32.8. The van der Waals surface area contributed by atoms with E-state index in [-0.39, 0.29) is 66.3 Å². The SMILES string of the molecule is C1COCCN1.C=CCBr.C=CCN1CC(c2ccc(Cl)c(Cl)c2)c2cc(Br)sc2C1=O.C=CCN1CC(c2ccc(Cl)c(Cl)c2)c2cc(N3CCOCC3)sc2C1=O.O=C1CC(c2ccc(Cl)c(Cl)c2)c2cc(Br)sc21.O=C1NCC(c2ccc(Cl)c(Cl)c2)c2cc(Br)sc21.O=C1NCC(c2ccc(Cl)c(Cl)c2)c2cc(N3CCOCC3)sc21.O=[P+]([O-])OO.ON=C1CC(c2ccc(Cl)c(Cl)c2)c2cc(Br)sc21.[Cl][Rh]([Cl])[Cl].[HH]. The van der Waals surface area contributed by atoms with E-state index >= 15 is 0 Å². The maximum Gasteiger partial charge on any atom is 0 e. The van der Waals surface area contributed by atoms with Crippen molar-refractivity contribution in [2.45, 2.75) is 48.3 Å². The number of ether oxygens (including phenoxy) is 3. The van der Waals surface area contributed by atoms with E-state index in [9.17, 15) is 24.0 Å². The molecule has 3 fully saturated rings. The van der Waals surface area contributed by atoms with Crippen LogP contribution >= 0.6 is 324 Å². The molecule has 0 bridgehead atoms. The van der Waals surface area contributed by atoms with Crippen molar-refractivity contribution in [2.75, 3.05) is 133 Å². The third-order valence-electron chi connectivity index (χ3n) is 23.7. The standard InChI is InChI=1S/C20H20Cl2N2O2S.C17H16Cl2N2O2S.C16H12BrCl2NOS.2C13H8BrCl2NOS.C13H7BrCl2OS.C4H9NO.C3H5Br.3ClH.HO4P.Rh.H2/c1-2-5-24-12-15(13-3-4-16(21)17(22)10-13)14-11-18(27-19(14)20(24)25)23-6-8-26-9-7-23;18-13-2-1-10(7-14(13)19)12-9-20-17(22)16-11(12)8-15(24-16)21-3-5-23-6-4-21;1-2-5-20-8-11(9-3-4-12(18)13(19)6-9)10-7-14(17)22-15(10)16(20)21;14-11-4-7-8(5-17-13(18)12(7)19-11)6-1-2-9(15)10(16)3-6;14-12-5-8-7(4-11(17-18)13(8)19-12)6-1-2-9(15)10(16)3-6;14-12-5-8-7(4-11(17)13(8)18-12)6-1-2-9(15)10(16)3-6;1-3-6-4-2-5-1;1-2-3-4;;;;1-4-5(2)3;;/h2-4,10-11,15H,1,5-9,12H2;1-2,7-8,12H,3-6,9H2,(H,20,22);2-4,6-7,11H,1,5,8H2;1-4,8H,5H2,(H,17,18);1-3,5,7,18H,4H2;1-3,5,7H,4H2;5H,1-4H2;2H,1,3H2;3*1H;1H;;1H/q;;;;;;;;;;;;+3;/p-3. The van der Waals surface area contributed by atoms with Crippen molar-refractivity contribution < 1.29 is 77.2 Å². The number of Topliss-reactive ketones (excluding diaryl/α,β-unsaturated/α-hetero) is 1. The number of hydrogen-bond acceptors (Lipinski definition) is 23. The van der Waals surface area contributed by atoms with Gasteiger partial charge in [-0.15, -0.1) is 87.8 Å². The van der Waals surface area contributed by atoms with Crippen molar-refractivity contribution in [3.8, 4) is 0 Å². The van der Waals surface area contributed by atoms with Gasteiger partial charge in [0, 0.05) is 138 Å². The molecule has 3 saturated heterocycles. The van der Waals surface area contributed by atoms with Crippen LogP contribution in [0.3, 0.4) is 0 Å². The molecule has 0 radical (unpaired) electrons. The number of allylic oxidation sites excluding steroid dienone is 1. The van der Waals surface area contributed by atoms with E-state index in [0.29, 0.717) is 112 Å². The van der Waals surface area contributed by atoms with Crippen molar-refractivity contribution in [1.82, 2.24) is 25.8 Å². The van der Waals surface area contributed by atoms with Crippen molar-refractivity contribution in [1.29, 1.82) is 0 Å². The van der Waals surface area contributed by atoms with Gasteiger partial charge in [0.1, 0.15) is 0 Å². The number of anilines is 2. The molecule has 6 aromatic heterocycles. The normalized spacial score (nSPS) is 18.5. The second-order valence-electron chi connectivity index (χ2n) is 32.7. The molecule has 792 valence electrons. The number of carbonyl (C=O) groups excluding carboxylic acids is 5. The molecule has 21 nitrogen and oxygen atoms in total. The Balaban J connectivity index is 0.000000164. The third-order valence-corrected chi connectivity index (χ3v) is 37.8. The van der Waals surface area contributed by atoms with Crippen LogP contribution in [0.5, 0.6) is 0 Å². The summed E-state index contributed by atoms with van der Waals surface area (Å²) < 4.78 is 31.5. The van der Waals surface area contributed by atoms with Gasteiger partial charge in [0.2, 0.25) is 0 Å². The molecule has 13 heterocycles. The summed E-state index contributed by atoms with van der Waals surface area (Å²) in [5.74, 6) is 0.965. The van der Waals surface area contributed by atoms with Crippen LogP contribution < -0.4 is 30.6 Å². The summed E-state index contributed by atoms with van der Waals surface area (Å²) in [4.78, 5) is 83.8. The number of oxime groups is 1. The zero-order valence-corrected chi connectivity index (χ0v) is 104. The van der Waals surface area contributed by atoms with Gasteiger partial charge in [-0.25, -0.2) is 5.26 Å². The number of thiophene rings is 6. The Morgan fingerprint density at radius 1 is 0.426 bits per heavy atom. The molecule has 12 aromatic rings. The van der Waals surface area contributed by atoms with Crippen molar-refractivity contribution >= 4 is 369 Å². The van der Waals surface area contributed by atoms with E-state index in [1.54, 1.807) is 76.5 Å². The van der Waals surface area contributed by atoms with Gasteiger partial charge in [-0.3, -0.25) is 24.0 Å². The van der Waals surface area contributed by atoms with E-state index in [1.807, 2.05) is 113 Å². The zero-order chi connectivity index (χ0) is 107. The maximum absolute atomic E-state index is 13.0. The topological polar surface area (TPSA) is 264 Å². The van der Waals surface area contributed by atoms with E-state index in [4.69, 9.17) is 202 Å². The van der Waals surface area contributed by atoms with E-state index < -0.39 is 21.2 Å². The Morgan fingerprint density at radius 2 is 0.709 bits per heavy atom. The molecule has 148 heavy (non-hydrogen) atoms. The number of nitrogens with one attached hydrogen (secondary N) is 3. The average Bonchev–Trinajstić information content (AvgIpc) is 1.66. The minimum atomic E-state index is -3.04. The number of alkyl halides is 1. The minimum absolute atomic E-state index is 0. The molecule has 4 amide bonds. The number of halogens is 20. The number of benzene rings is 6. The van der Waals surface area contributed by atoms with Gasteiger partial charge in [0.15, 0.2) is 5.78 Å². The van der Waals surface area contributed by atoms with Crippen molar-refractivity contribution in [2.24, 2.45) is 5.16 Å². The Morgan fingerprint density at radius 3 is 1.04 bits per heavy atom. The summed E-state index contributed by atoms with van der Waals surface area (Å²) in [5.41, 5.74) is 13.6. The van der Waals surface area contributed by atoms with Crippen molar-refractivity contribution in [3.63, 3.8) is 0 Å². The fourth-order valence-electron chi connectivity index (χ4n) is 16.9. The minimum Gasteiger partial charge on any atom is 0 e. The Kier molecular flexibility index (Phi) is 49.9. The number of ketones is 1. The largest absolute Gasteiger partial charge is 0 e. The quantitative estimate of drug-likeness (QED) is 0.0129. The second kappa shape index (κ2) is 60.0. The van der Waals surface area contributed by atoms with Gasteiger partial charge in [-0.2, -0.15) is 0 Å². The molecule has 7 aliphatic heterocycles. The summed E-state index contributed by atoms with van der Waals surface area (Å²) in [6.45, 7) is 24.5. The molecule has 6 aromatic carbocycles. The molecule has 21 rings (SSSR count). The van der Waals surface area contributed by atoms with Crippen LogP contribution in [-0.2, 0) is 36.4 Å². The molecule has 5 N–H and O–H groups in total. The van der Waals surface area contributed by atoms with Gasteiger partial charge in [-0.1, -0.05) is 215 Å². The monoisotopic (exact) mass is 2840 g/mol. The third kappa shape index (κ3) is 33.1. The second-order valence-corrected chi connectivity index (χ2v) is 58.1. The molecule has 9 aliphatic rings. The smallest absolute Gasteiger partial charge is 0 e. The molecule has 0 spiro atoms. The average molecular weight is 2860 g/mol. The molecular weight excluding hydrogens is 2770 g/mol. The summed E-state index contributed by atoms with van der Waals surface area (Å²) in [5, 5.41) is 38.2. The van der Waals surface area contributed by atoms with Crippen LogP contribution in [0.4, 0.5) is 10.0 Å². The van der Waals surface area contributed by atoms with Crippen LogP contribution in [0.25, 0.3) is 0 Å². The van der Waals surface area contributed by atoms with Crippen LogP contribution in [-0.4, -0.2) is 179 Å². The van der Waals surface area contributed by atoms with Gasteiger partial charge >= 0.3 is 50.3 Å². The van der Waals surface area contributed by atoms with Gasteiger partial charge in [0.25, 0.3) is 23.6 Å². The van der Waals surface area contributed by atoms with Crippen molar-refractivity contribution in [3.05, 3.63) is 355 Å². The van der Waals surface area contributed by atoms with E-state index in [1.165, 1.54) is 39.6 Å². The summed E-state index contributed by atoms with van der Waals surface area (Å²) in [6.07, 6.45) is 6.51. The zero-order valence-electron chi connectivity index (χ0n) is 76.9. The van der Waals surface area contributed by atoms with E-state index in [2.05, 4.69) is 153 Å². The molecule has 0 saturated carbocycles. The van der Waals surface area contributed by atoms with Gasteiger partial charge in [-0.05, 0) is 244 Å². The first-order valence-electron chi connectivity index (χ1n) is 44.3. The molecule has 7 unspecified atom stereocenters. The number of hydrogen-bond donors (Lipinski definition) is 5. The number of nitrogens with zero attached hydrogens (tertiary/aromatic N) is 5. The fourth-order valence-corrected chi connectivity index (χ4v) is 27.7. The first kappa shape index (κ1) is 123. The van der Waals surface area contributed by atoms with Gasteiger partial charge in [0.05, 0.1) is 160 Å². The number of carbonyl (C=O) groups is 5. The van der Waals surface area contributed by atoms with Gasteiger partial charge < -0.3 is 59.9 Å². The maximum atomic E-state index is 13.0. The first-order chi connectivity index (χ1) is 70.8. The van der Waals surface area contributed by atoms with Crippen LogP contribution in [0, 0.1) is 0 Å². The fraction of sp³-hybridized carbons (Fsp3) is 0.273. The Bertz CT molecular complexity index is 6810. The predicted molar refractivity (Wildman–Crippen MR) is 630 cm³/mol. The number of rotatable bonds is 14. The van der Waals surface area contributed by atoms with Crippen LogP contribution in [0.1, 0.15) is 170 Å². The Hall–Kier alpha value is -3.45. The first-order valence-corrected chi connectivity index (χ1v) is 65.5. The summed E-state index contributed by atoms with van der Waals surface area (Å²) >= 11 is 97.1. The Labute approximate surface area is 1000 Å². The molecule has 49 heteroatoms. The summed E-state index contributed by atoms with van der Waals surface area (Å²) in [6, 6.07) is 46.3. The number of morpholine rings is 3. The molecule has 2 aliphatic carbocycles. The van der Waals surface area contributed by atoms with Crippen LogP contribution in [0.15, 0.2) is 204 Å².